The fourth-order valence-corrected chi connectivity index (χ4v) is 1.51. The van der Waals surface area contributed by atoms with Gasteiger partial charge in [-0.05, 0) is 12.8 Å². The Hall–Kier alpha value is -0.370. The first-order valence-electron chi connectivity index (χ1n) is 6.24. The molecule has 0 aromatic rings. The van der Waals surface area contributed by atoms with E-state index >= 15 is 0 Å². The number of aliphatic hydroxyl groups excluding tert-OH is 1. The van der Waals surface area contributed by atoms with Crippen LogP contribution >= 0.6 is 0 Å². The van der Waals surface area contributed by atoms with Crippen LogP contribution in [0.2, 0.25) is 0 Å². The summed E-state index contributed by atoms with van der Waals surface area (Å²) in [5.41, 5.74) is 0. The minimum atomic E-state index is -0.429. The van der Waals surface area contributed by atoms with Crippen LogP contribution < -0.4 is 0 Å². The first-order chi connectivity index (χ1) is 7.20. The van der Waals surface area contributed by atoms with Crippen LogP contribution in [0.4, 0.5) is 0 Å². The third-order valence-electron chi connectivity index (χ3n) is 2.51. The molecule has 89 valence electrons. The molecule has 2 heteroatoms. The Balaban J connectivity index is 3.40. The molecule has 0 saturated carbocycles. The van der Waals surface area contributed by atoms with Crippen molar-refractivity contribution in [1.29, 1.82) is 0 Å². The molecule has 0 fully saturated rings. The van der Waals surface area contributed by atoms with Crippen molar-refractivity contribution in [3.63, 3.8) is 0 Å². The van der Waals surface area contributed by atoms with Crippen molar-refractivity contribution in [2.45, 2.75) is 71.3 Å². The monoisotopic (exact) mass is 213 g/mol. The molecule has 0 aromatic heterocycles. The number of ketones is 1. The Morgan fingerprint density at radius 3 is 2.47 bits per heavy atom. The van der Waals surface area contributed by atoms with Crippen LogP contribution in [0, 0.1) is 6.42 Å². The summed E-state index contributed by atoms with van der Waals surface area (Å²) >= 11 is 0. The van der Waals surface area contributed by atoms with Gasteiger partial charge < -0.3 is 5.11 Å². The zero-order valence-corrected chi connectivity index (χ0v) is 10.2. The minimum absolute atomic E-state index is 0.104. The van der Waals surface area contributed by atoms with Gasteiger partial charge in [0, 0.05) is 12.8 Å². The van der Waals surface area contributed by atoms with Gasteiger partial charge >= 0.3 is 0 Å². The lowest BCUT2D eigenvalue weighted by Gasteiger charge is -2.08. The van der Waals surface area contributed by atoms with E-state index in [1.54, 1.807) is 6.42 Å². The second-order valence-electron chi connectivity index (χ2n) is 4.17. The van der Waals surface area contributed by atoms with Gasteiger partial charge in [-0.15, -0.1) is 0 Å². The SMILES string of the molecule is CCCC[CH]C(=O)CC(O)CCCCC. The highest BCUT2D eigenvalue weighted by atomic mass is 16.3. The van der Waals surface area contributed by atoms with Crippen LogP contribution in [0.15, 0.2) is 0 Å². The summed E-state index contributed by atoms with van der Waals surface area (Å²) in [5.74, 6) is 0.104. The molecule has 0 saturated heterocycles. The number of aliphatic hydroxyl groups is 1. The van der Waals surface area contributed by atoms with E-state index < -0.39 is 6.10 Å². The molecule has 0 amide bonds. The van der Waals surface area contributed by atoms with Gasteiger partial charge in [0.2, 0.25) is 0 Å². The van der Waals surface area contributed by atoms with Crippen molar-refractivity contribution in [1.82, 2.24) is 0 Å². The quantitative estimate of drug-likeness (QED) is 0.565. The van der Waals surface area contributed by atoms with Crippen LogP contribution in [-0.4, -0.2) is 17.0 Å². The lowest BCUT2D eigenvalue weighted by molar-refractivity contribution is -0.118. The maximum absolute atomic E-state index is 11.3. The lowest BCUT2D eigenvalue weighted by Crippen LogP contribution is -2.13. The van der Waals surface area contributed by atoms with Crippen LogP contribution in [0.3, 0.4) is 0 Å². The summed E-state index contributed by atoms with van der Waals surface area (Å²) in [7, 11) is 0. The molecule has 1 atom stereocenters. The molecule has 2 nitrogen and oxygen atoms in total. The van der Waals surface area contributed by atoms with E-state index in [1.807, 2.05) is 0 Å². The van der Waals surface area contributed by atoms with Gasteiger partial charge in [0.25, 0.3) is 0 Å². The molecular weight excluding hydrogens is 188 g/mol. The third-order valence-corrected chi connectivity index (χ3v) is 2.51. The molecule has 0 rings (SSSR count). The van der Waals surface area contributed by atoms with E-state index in [1.165, 1.54) is 0 Å². The molecule has 0 aliphatic rings. The Morgan fingerprint density at radius 1 is 1.20 bits per heavy atom. The first-order valence-corrected chi connectivity index (χ1v) is 6.24. The average molecular weight is 213 g/mol. The molecule has 0 aliphatic carbocycles. The topological polar surface area (TPSA) is 37.3 Å². The predicted octanol–water partition coefficient (Wildman–Crippen LogP) is 3.28. The number of carbonyl (C=O) groups is 1. The van der Waals surface area contributed by atoms with Crippen molar-refractivity contribution < 1.29 is 9.90 Å². The number of Topliss-reactive ketones (excluding diaryl/α,β-unsaturated/α-hetero) is 1. The highest BCUT2D eigenvalue weighted by Gasteiger charge is 2.10. The van der Waals surface area contributed by atoms with Gasteiger partial charge in [0.05, 0.1) is 6.10 Å². The summed E-state index contributed by atoms with van der Waals surface area (Å²) in [6.07, 6.45) is 8.74. The highest BCUT2D eigenvalue weighted by molar-refractivity contribution is 5.87. The van der Waals surface area contributed by atoms with Crippen molar-refractivity contribution >= 4 is 5.78 Å². The van der Waals surface area contributed by atoms with Crippen molar-refractivity contribution in [3.8, 4) is 0 Å². The number of rotatable bonds is 10. The summed E-state index contributed by atoms with van der Waals surface area (Å²) in [6, 6.07) is 0. The highest BCUT2D eigenvalue weighted by Crippen LogP contribution is 2.09. The Labute approximate surface area is 94.1 Å². The molecule has 0 aliphatic heterocycles. The van der Waals surface area contributed by atoms with Crippen LogP contribution in [0.25, 0.3) is 0 Å². The Morgan fingerprint density at radius 2 is 1.87 bits per heavy atom. The molecule has 1 radical (unpaired) electrons. The second kappa shape index (κ2) is 10.2. The summed E-state index contributed by atoms with van der Waals surface area (Å²) in [5, 5.41) is 9.56. The molecule has 0 heterocycles. The second-order valence-corrected chi connectivity index (χ2v) is 4.17. The maximum atomic E-state index is 11.3. The molecule has 0 spiro atoms. The minimum Gasteiger partial charge on any atom is -0.393 e. The van der Waals surface area contributed by atoms with Gasteiger partial charge in [-0.1, -0.05) is 46.0 Å². The van der Waals surface area contributed by atoms with E-state index in [4.69, 9.17) is 0 Å². The van der Waals surface area contributed by atoms with E-state index in [9.17, 15) is 9.90 Å². The predicted molar refractivity (Wildman–Crippen MR) is 63.6 cm³/mol. The van der Waals surface area contributed by atoms with E-state index in [2.05, 4.69) is 13.8 Å². The van der Waals surface area contributed by atoms with Crippen LogP contribution in [-0.2, 0) is 4.79 Å². The largest absolute Gasteiger partial charge is 0.393 e. The molecule has 0 bridgehead atoms. The molecule has 1 N–H and O–H groups in total. The third kappa shape index (κ3) is 9.92. The fourth-order valence-electron chi connectivity index (χ4n) is 1.51. The summed E-state index contributed by atoms with van der Waals surface area (Å²) < 4.78 is 0. The van der Waals surface area contributed by atoms with Gasteiger partial charge in [-0.25, -0.2) is 0 Å². The standard InChI is InChI=1S/C13H25O2/c1-3-5-7-9-12(14)11-13(15)10-8-6-4-2/h9,13,15H,3-8,10-11H2,1-2H3. The van der Waals surface area contributed by atoms with Crippen molar-refractivity contribution in [2.75, 3.05) is 0 Å². The maximum Gasteiger partial charge on any atom is 0.139 e. The summed E-state index contributed by atoms with van der Waals surface area (Å²) in [6.45, 7) is 4.24. The summed E-state index contributed by atoms with van der Waals surface area (Å²) in [4.78, 5) is 11.3. The van der Waals surface area contributed by atoms with Crippen LogP contribution in [0.5, 0.6) is 0 Å². The van der Waals surface area contributed by atoms with Gasteiger partial charge in [-0.2, -0.15) is 0 Å². The van der Waals surface area contributed by atoms with Gasteiger partial charge in [-0.3, -0.25) is 4.79 Å². The average Bonchev–Trinajstić information content (AvgIpc) is 2.18. The van der Waals surface area contributed by atoms with Crippen LogP contribution in [0.1, 0.15) is 65.2 Å². The molecule has 15 heavy (non-hydrogen) atoms. The smallest absolute Gasteiger partial charge is 0.139 e. The Kier molecular flexibility index (Phi) is 9.91. The van der Waals surface area contributed by atoms with Gasteiger partial charge in [0.1, 0.15) is 5.78 Å². The number of carbonyl (C=O) groups excluding carboxylic acids is 1. The fraction of sp³-hybridized carbons (Fsp3) is 0.846. The van der Waals surface area contributed by atoms with Gasteiger partial charge in [0.15, 0.2) is 0 Å². The zero-order valence-electron chi connectivity index (χ0n) is 10.2. The number of hydrogen-bond donors (Lipinski definition) is 1. The van der Waals surface area contributed by atoms with Crippen molar-refractivity contribution in [2.24, 2.45) is 0 Å². The zero-order chi connectivity index (χ0) is 11.5. The Bertz CT molecular complexity index is 155. The molecule has 0 aromatic carbocycles. The van der Waals surface area contributed by atoms with E-state index in [0.29, 0.717) is 6.42 Å². The number of hydrogen-bond acceptors (Lipinski definition) is 2. The van der Waals surface area contributed by atoms with E-state index in [-0.39, 0.29) is 5.78 Å². The molecular formula is C13H25O2. The molecule has 1 unspecified atom stereocenters. The normalized spacial score (nSPS) is 12.7. The number of unbranched alkanes of at least 4 members (excludes halogenated alkanes) is 4. The van der Waals surface area contributed by atoms with Crippen molar-refractivity contribution in [3.05, 3.63) is 6.42 Å². The van der Waals surface area contributed by atoms with E-state index in [0.717, 1.165) is 44.9 Å². The lowest BCUT2D eigenvalue weighted by atomic mass is 10.0. The first kappa shape index (κ1) is 14.6.